The van der Waals surface area contributed by atoms with E-state index in [4.69, 9.17) is 49.0 Å². The van der Waals surface area contributed by atoms with Crippen LogP contribution in [0.15, 0.2) is 58.7 Å². The fraction of sp³-hybridized carbons (Fsp3) is 0.222. The SMILES string of the molecule is CN[P+](=S)Oc1ccc(C=NN(C)[P+](=S)Oc2ccc(C=NN(C)[P+](=S)OC)cc2)cc1. The summed E-state index contributed by atoms with van der Waals surface area (Å²) in [4.78, 5) is 0. The van der Waals surface area contributed by atoms with Crippen LogP contribution in [0, 0.1) is 0 Å². The van der Waals surface area contributed by atoms with Gasteiger partial charge in [0, 0.05) is 7.05 Å². The zero-order chi connectivity index (χ0) is 23.5. The van der Waals surface area contributed by atoms with E-state index in [2.05, 4.69) is 15.3 Å². The van der Waals surface area contributed by atoms with Crippen molar-refractivity contribution in [2.24, 2.45) is 10.2 Å². The number of hydrogen-bond donors (Lipinski definition) is 1. The second kappa shape index (κ2) is 13.9. The molecular weight excluding hydrogens is 523 g/mol. The Labute approximate surface area is 206 Å². The van der Waals surface area contributed by atoms with E-state index in [1.54, 1.807) is 50.2 Å². The van der Waals surface area contributed by atoms with Crippen molar-refractivity contribution in [2.75, 3.05) is 28.3 Å². The minimum absolute atomic E-state index is 0.660. The molecule has 0 saturated carbocycles. The van der Waals surface area contributed by atoms with Gasteiger partial charge in [0.2, 0.25) is 35.4 Å². The highest BCUT2D eigenvalue weighted by Crippen LogP contribution is 2.31. The second-order valence-corrected chi connectivity index (χ2v) is 12.6. The largest absolute Gasteiger partial charge is 0.540 e. The first-order valence-electron chi connectivity index (χ1n) is 9.07. The summed E-state index contributed by atoms with van der Waals surface area (Å²) in [7, 11) is 3.31. The Morgan fingerprint density at radius 2 is 1.22 bits per heavy atom. The molecule has 2 rings (SSSR count). The van der Waals surface area contributed by atoms with Crippen molar-refractivity contribution in [1.29, 1.82) is 0 Å². The van der Waals surface area contributed by atoms with E-state index in [1.807, 2.05) is 48.5 Å². The third-order valence-corrected chi connectivity index (χ3v) is 9.12. The van der Waals surface area contributed by atoms with Crippen molar-refractivity contribution >= 4 is 69.1 Å². The topological polar surface area (TPSA) is 70.9 Å². The van der Waals surface area contributed by atoms with Crippen LogP contribution < -0.4 is 14.1 Å². The van der Waals surface area contributed by atoms with Crippen LogP contribution in [-0.4, -0.2) is 50.2 Å². The van der Waals surface area contributed by atoms with Crippen molar-refractivity contribution in [3.05, 3.63) is 59.7 Å². The summed E-state index contributed by atoms with van der Waals surface area (Å²) >= 11 is 15.7. The monoisotopic (exact) mass is 546 g/mol. The van der Waals surface area contributed by atoms with Gasteiger partial charge in [0.05, 0.1) is 33.6 Å². The Morgan fingerprint density at radius 1 is 0.781 bits per heavy atom. The van der Waals surface area contributed by atoms with Crippen molar-refractivity contribution < 1.29 is 13.6 Å². The summed E-state index contributed by atoms with van der Waals surface area (Å²) in [5, 5.41) is 11.6. The maximum absolute atomic E-state index is 5.84. The van der Waals surface area contributed by atoms with E-state index in [1.165, 1.54) is 0 Å². The molecule has 2 aromatic carbocycles. The second-order valence-electron chi connectivity index (χ2n) is 5.93. The van der Waals surface area contributed by atoms with Crippen LogP contribution in [0.1, 0.15) is 11.1 Å². The van der Waals surface area contributed by atoms with Gasteiger partial charge in [-0.15, -0.1) is 15.3 Å². The molecule has 0 aliphatic heterocycles. The van der Waals surface area contributed by atoms with Gasteiger partial charge in [0.1, 0.15) is 0 Å². The molecule has 2 aromatic rings. The lowest BCUT2D eigenvalue weighted by molar-refractivity contribution is 0.421. The molecular formula is C18H23N5O3P3S3+3. The van der Waals surface area contributed by atoms with Gasteiger partial charge < -0.3 is 0 Å². The lowest BCUT2D eigenvalue weighted by atomic mass is 10.2. The van der Waals surface area contributed by atoms with E-state index < -0.39 is 21.2 Å². The van der Waals surface area contributed by atoms with E-state index in [9.17, 15) is 0 Å². The van der Waals surface area contributed by atoms with Crippen LogP contribution in [-0.2, 0) is 39.9 Å². The molecule has 0 fully saturated rings. The molecule has 0 aliphatic carbocycles. The van der Waals surface area contributed by atoms with Crippen molar-refractivity contribution in [2.45, 2.75) is 0 Å². The maximum Gasteiger partial charge on any atom is 0.540 e. The molecule has 0 heterocycles. The molecule has 0 aliphatic rings. The zero-order valence-corrected chi connectivity index (χ0v) is 23.0. The average Bonchev–Trinajstić information content (AvgIpc) is 2.81. The quantitative estimate of drug-likeness (QED) is 0.228. The normalized spacial score (nSPS) is 12.6. The number of nitrogens with zero attached hydrogens (tertiary/aromatic N) is 4. The molecule has 168 valence electrons. The first kappa shape index (κ1) is 26.7. The summed E-state index contributed by atoms with van der Waals surface area (Å²) in [5.41, 5.74) is 1.81. The first-order valence-corrected chi connectivity index (χ1v) is 15.8. The Morgan fingerprint density at radius 3 is 1.66 bits per heavy atom. The number of hydrazone groups is 2. The standard InChI is InChI=1S/C18H23N5O3P3S3/c1-19-27(30)25-17-9-5-15(6-10-17)14-21-23(3)29(32)26-18-11-7-16(8-12-18)13-20-22(2)28(31)24-4/h5-14H,1-4H3,(H,19,30)/q+3. The minimum Gasteiger partial charge on any atom is -0.260 e. The van der Waals surface area contributed by atoms with Crippen LogP contribution in [0.2, 0.25) is 0 Å². The Kier molecular flexibility index (Phi) is 11.6. The van der Waals surface area contributed by atoms with Crippen LogP contribution in [0.25, 0.3) is 0 Å². The predicted molar refractivity (Wildman–Crippen MR) is 144 cm³/mol. The molecule has 0 saturated heterocycles. The number of benzene rings is 2. The highest BCUT2D eigenvalue weighted by Gasteiger charge is 2.20. The molecule has 0 bridgehead atoms. The molecule has 3 atom stereocenters. The van der Waals surface area contributed by atoms with Gasteiger partial charge in [-0.2, -0.15) is 4.52 Å². The smallest absolute Gasteiger partial charge is 0.260 e. The van der Waals surface area contributed by atoms with Gasteiger partial charge in [0.25, 0.3) is 0 Å². The lowest BCUT2D eigenvalue weighted by Gasteiger charge is -2.03. The van der Waals surface area contributed by atoms with Crippen LogP contribution >= 0.6 is 21.2 Å². The zero-order valence-electron chi connectivity index (χ0n) is 17.9. The summed E-state index contributed by atoms with van der Waals surface area (Å²) in [6.45, 7) is 0. The minimum atomic E-state index is -1.37. The molecule has 3 unspecified atom stereocenters. The van der Waals surface area contributed by atoms with Crippen LogP contribution in [0.5, 0.6) is 11.5 Å². The molecule has 0 radical (unpaired) electrons. The maximum atomic E-state index is 5.84. The number of rotatable bonds is 12. The van der Waals surface area contributed by atoms with Crippen molar-refractivity contribution in [3.63, 3.8) is 0 Å². The molecule has 1 N–H and O–H groups in total. The summed E-state index contributed by atoms with van der Waals surface area (Å²) in [6, 6.07) is 14.9. The summed E-state index contributed by atoms with van der Waals surface area (Å²) < 4.78 is 19.7. The van der Waals surface area contributed by atoms with Crippen molar-refractivity contribution in [3.8, 4) is 11.5 Å². The highest BCUT2D eigenvalue weighted by atomic mass is 32.4. The average molecular weight is 547 g/mol. The van der Waals surface area contributed by atoms with Gasteiger partial charge in [-0.05, 0) is 59.7 Å². The number of nitrogens with one attached hydrogen (secondary N) is 1. The fourth-order valence-electron chi connectivity index (χ4n) is 2.02. The van der Waals surface area contributed by atoms with E-state index in [0.29, 0.717) is 11.5 Å². The Balaban J connectivity index is 1.89. The molecule has 32 heavy (non-hydrogen) atoms. The fourth-order valence-corrected chi connectivity index (χ4v) is 4.13. The first-order chi connectivity index (χ1) is 15.3. The van der Waals surface area contributed by atoms with Gasteiger partial charge >= 0.3 is 21.2 Å². The molecule has 0 spiro atoms. The third kappa shape index (κ3) is 9.14. The Bertz CT molecular complexity index is 1010. The van der Waals surface area contributed by atoms with Crippen LogP contribution in [0.4, 0.5) is 0 Å². The summed E-state index contributed by atoms with van der Waals surface area (Å²) in [6.07, 6.45) is 3.43. The molecule has 0 amide bonds. The Hall–Kier alpha value is -1.54. The van der Waals surface area contributed by atoms with E-state index in [-0.39, 0.29) is 0 Å². The number of hydrogen-bond acceptors (Lipinski definition) is 8. The van der Waals surface area contributed by atoms with E-state index >= 15 is 0 Å². The lowest BCUT2D eigenvalue weighted by Crippen LogP contribution is -2.03. The van der Waals surface area contributed by atoms with Gasteiger partial charge in [-0.1, -0.05) is 9.56 Å². The summed E-state index contributed by atoms with van der Waals surface area (Å²) in [5.74, 6) is 1.37. The highest BCUT2D eigenvalue weighted by molar-refractivity contribution is 8.02. The third-order valence-electron chi connectivity index (χ3n) is 3.69. The van der Waals surface area contributed by atoms with Crippen LogP contribution in [0.3, 0.4) is 0 Å². The van der Waals surface area contributed by atoms with Crippen molar-refractivity contribution in [1.82, 2.24) is 14.6 Å². The predicted octanol–water partition coefficient (Wildman–Crippen LogP) is 4.86. The molecule has 14 heteroatoms. The van der Waals surface area contributed by atoms with Gasteiger partial charge in [-0.25, -0.2) is 0 Å². The molecule has 0 aromatic heterocycles. The van der Waals surface area contributed by atoms with Gasteiger partial charge in [-0.3, -0.25) is 9.05 Å². The van der Waals surface area contributed by atoms with E-state index in [0.717, 1.165) is 11.1 Å². The molecule has 8 nitrogen and oxygen atoms in total. The van der Waals surface area contributed by atoms with Gasteiger partial charge in [0.15, 0.2) is 11.5 Å².